The van der Waals surface area contributed by atoms with Crippen LogP contribution in [0.2, 0.25) is 0 Å². The van der Waals surface area contributed by atoms with Crippen molar-refractivity contribution in [2.75, 3.05) is 11.4 Å². The molecule has 1 saturated heterocycles. The number of ether oxygens (including phenoxy) is 1. The van der Waals surface area contributed by atoms with Gasteiger partial charge in [-0.2, -0.15) is 13.2 Å². The number of alkyl halides is 3. The lowest BCUT2D eigenvalue weighted by molar-refractivity contribution is -0.137. The maximum Gasteiger partial charge on any atom is 0.416 e. The van der Waals surface area contributed by atoms with Crippen molar-refractivity contribution in [3.05, 3.63) is 59.7 Å². The Morgan fingerprint density at radius 3 is 2.63 bits per heavy atom. The number of benzene rings is 2. The summed E-state index contributed by atoms with van der Waals surface area (Å²) >= 11 is 0. The lowest BCUT2D eigenvalue weighted by Gasteiger charge is -2.18. The van der Waals surface area contributed by atoms with Crippen LogP contribution in [0.5, 0.6) is 5.75 Å². The molecule has 1 atom stereocenters. The van der Waals surface area contributed by atoms with Gasteiger partial charge in [0.15, 0.2) is 0 Å². The smallest absolute Gasteiger partial charge is 0.416 e. The molecule has 1 heterocycles. The molecule has 0 unspecified atom stereocenters. The van der Waals surface area contributed by atoms with Gasteiger partial charge >= 0.3 is 6.18 Å². The Hall–Kier alpha value is -3.03. The van der Waals surface area contributed by atoms with Crippen molar-refractivity contribution in [1.29, 1.82) is 0 Å². The summed E-state index contributed by atoms with van der Waals surface area (Å²) in [6.45, 7) is 4.08. The minimum absolute atomic E-state index is 0.0182. The van der Waals surface area contributed by atoms with Crippen molar-refractivity contribution in [3.63, 3.8) is 0 Å². The first kappa shape index (κ1) is 21.7. The number of carbonyl (C=O) groups excluding carboxylic acids is 2. The summed E-state index contributed by atoms with van der Waals surface area (Å²) in [6.07, 6.45) is -4.57. The molecule has 0 aromatic heterocycles. The minimum Gasteiger partial charge on any atom is -0.491 e. The topological polar surface area (TPSA) is 58.6 Å². The van der Waals surface area contributed by atoms with Crippen LogP contribution in [-0.4, -0.2) is 24.5 Å². The SMILES string of the molecule is CC(C)Oc1ccccc1CNC(=O)[C@H]1CC(=O)N(c2cccc(C(F)(F)F)c2)C1. The first-order valence-electron chi connectivity index (χ1n) is 9.65. The van der Waals surface area contributed by atoms with E-state index >= 15 is 0 Å². The van der Waals surface area contributed by atoms with Gasteiger partial charge in [0.2, 0.25) is 11.8 Å². The Morgan fingerprint density at radius 2 is 1.93 bits per heavy atom. The Morgan fingerprint density at radius 1 is 1.20 bits per heavy atom. The van der Waals surface area contributed by atoms with Crippen LogP contribution in [0, 0.1) is 5.92 Å². The van der Waals surface area contributed by atoms with Crippen molar-refractivity contribution >= 4 is 17.5 Å². The fraction of sp³-hybridized carbons (Fsp3) is 0.364. The third kappa shape index (κ3) is 5.11. The number of nitrogens with zero attached hydrogens (tertiary/aromatic N) is 1. The first-order chi connectivity index (χ1) is 14.1. The summed E-state index contributed by atoms with van der Waals surface area (Å²) < 4.78 is 44.6. The van der Waals surface area contributed by atoms with E-state index < -0.39 is 17.7 Å². The minimum atomic E-state index is -4.50. The fourth-order valence-electron chi connectivity index (χ4n) is 3.33. The normalized spacial score (nSPS) is 16.8. The summed E-state index contributed by atoms with van der Waals surface area (Å²) in [6, 6.07) is 11.9. The van der Waals surface area contributed by atoms with E-state index in [9.17, 15) is 22.8 Å². The standard InChI is InChI=1S/C22H23F3N2O3/c1-14(2)30-19-9-4-3-6-15(19)12-26-21(29)16-10-20(28)27(13-16)18-8-5-7-17(11-18)22(23,24)25/h3-9,11,14,16H,10,12-13H2,1-2H3,(H,26,29)/t16-/m0/s1. The van der Waals surface area contributed by atoms with Crippen molar-refractivity contribution in [2.45, 2.75) is 39.1 Å². The molecule has 2 amide bonds. The van der Waals surface area contributed by atoms with Gasteiger partial charge < -0.3 is 15.0 Å². The van der Waals surface area contributed by atoms with E-state index in [4.69, 9.17) is 4.74 Å². The van der Waals surface area contributed by atoms with Gasteiger partial charge in [-0.05, 0) is 38.1 Å². The molecule has 2 aromatic rings. The third-order valence-electron chi connectivity index (χ3n) is 4.77. The largest absolute Gasteiger partial charge is 0.491 e. The van der Waals surface area contributed by atoms with Crippen LogP contribution in [0.15, 0.2) is 48.5 Å². The maximum atomic E-state index is 13.0. The zero-order chi connectivity index (χ0) is 21.9. The van der Waals surface area contributed by atoms with Gasteiger partial charge in [0.25, 0.3) is 0 Å². The highest BCUT2D eigenvalue weighted by Gasteiger charge is 2.36. The summed E-state index contributed by atoms with van der Waals surface area (Å²) in [5.41, 5.74) is 0.113. The van der Waals surface area contributed by atoms with E-state index in [1.807, 2.05) is 38.1 Å². The van der Waals surface area contributed by atoms with Crippen LogP contribution >= 0.6 is 0 Å². The molecule has 1 fully saturated rings. The Labute approximate surface area is 172 Å². The number of para-hydroxylation sites is 1. The van der Waals surface area contributed by atoms with E-state index in [0.717, 1.165) is 17.7 Å². The highest BCUT2D eigenvalue weighted by atomic mass is 19.4. The molecule has 0 radical (unpaired) electrons. The molecule has 0 spiro atoms. The van der Waals surface area contributed by atoms with Gasteiger partial charge in [-0.1, -0.05) is 24.3 Å². The van der Waals surface area contributed by atoms with Crippen LogP contribution in [0.1, 0.15) is 31.4 Å². The van der Waals surface area contributed by atoms with E-state index in [0.29, 0.717) is 5.75 Å². The van der Waals surface area contributed by atoms with Crippen LogP contribution in [0.4, 0.5) is 18.9 Å². The van der Waals surface area contributed by atoms with Gasteiger partial charge in [0.1, 0.15) is 5.75 Å². The van der Waals surface area contributed by atoms with E-state index in [1.54, 1.807) is 0 Å². The summed E-state index contributed by atoms with van der Waals surface area (Å²) in [5.74, 6) is -0.665. The molecule has 160 valence electrons. The van der Waals surface area contributed by atoms with Crippen LogP contribution in [0.25, 0.3) is 0 Å². The summed E-state index contributed by atoms with van der Waals surface area (Å²) in [7, 11) is 0. The predicted molar refractivity (Wildman–Crippen MR) is 106 cm³/mol. The van der Waals surface area contributed by atoms with Crippen molar-refractivity contribution < 1.29 is 27.5 Å². The molecule has 8 heteroatoms. The average molecular weight is 420 g/mol. The molecule has 0 bridgehead atoms. The van der Waals surface area contributed by atoms with Crippen molar-refractivity contribution in [3.8, 4) is 5.75 Å². The molecule has 30 heavy (non-hydrogen) atoms. The molecule has 2 aromatic carbocycles. The molecular weight excluding hydrogens is 397 g/mol. The van der Waals surface area contributed by atoms with Crippen molar-refractivity contribution in [2.24, 2.45) is 5.92 Å². The van der Waals surface area contributed by atoms with Gasteiger partial charge in [-0.3, -0.25) is 9.59 Å². The number of anilines is 1. The zero-order valence-corrected chi connectivity index (χ0v) is 16.7. The van der Waals surface area contributed by atoms with E-state index in [1.165, 1.54) is 17.0 Å². The highest BCUT2D eigenvalue weighted by molar-refractivity contribution is 6.00. The van der Waals surface area contributed by atoms with Crippen LogP contribution in [0.3, 0.4) is 0 Å². The van der Waals surface area contributed by atoms with Crippen LogP contribution in [-0.2, 0) is 22.3 Å². The fourth-order valence-corrected chi connectivity index (χ4v) is 3.33. The highest BCUT2D eigenvalue weighted by Crippen LogP contribution is 2.33. The molecule has 0 saturated carbocycles. The second-order valence-corrected chi connectivity index (χ2v) is 7.45. The average Bonchev–Trinajstić information content (AvgIpc) is 3.08. The van der Waals surface area contributed by atoms with Gasteiger partial charge in [-0.15, -0.1) is 0 Å². The number of hydrogen-bond acceptors (Lipinski definition) is 3. The second-order valence-electron chi connectivity index (χ2n) is 7.45. The summed E-state index contributed by atoms with van der Waals surface area (Å²) in [5, 5.41) is 2.80. The van der Waals surface area contributed by atoms with Gasteiger partial charge in [0.05, 0.1) is 17.6 Å². The molecule has 0 aliphatic carbocycles. The van der Waals surface area contributed by atoms with Gasteiger partial charge in [0, 0.05) is 30.8 Å². The van der Waals surface area contributed by atoms with E-state index in [2.05, 4.69) is 5.32 Å². The lowest BCUT2D eigenvalue weighted by atomic mass is 10.1. The number of rotatable bonds is 6. The third-order valence-corrected chi connectivity index (χ3v) is 4.77. The Balaban J connectivity index is 1.65. The Kier molecular flexibility index (Phi) is 6.34. The molecular formula is C22H23F3N2O3. The predicted octanol–water partition coefficient (Wildman–Crippen LogP) is 4.16. The first-order valence-corrected chi connectivity index (χ1v) is 9.65. The maximum absolute atomic E-state index is 13.0. The molecule has 1 aliphatic heterocycles. The van der Waals surface area contributed by atoms with Crippen LogP contribution < -0.4 is 15.0 Å². The number of nitrogens with one attached hydrogen (secondary N) is 1. The van der Waals surface area contributed by atoms with Gasteiger partial charge in [-0.25, -0.2) is 0 Å². The second kappa shape index (κ2) is 8.77. The lowest BCUT2D eigenvalue weighted by Crippen LogP contribution is -2.32. The molecule has 3 rings (SSSR count). The number of hydrogen-bond donors (Lipinski definition) is 1. The summed E-state index contributed by atoms with van der Waals surface area (Å²) in [4.78, 5) is 26.2. The van der Waals surface area contributed by atoms with E-state index in [-0.39, 0.29) is 43.1 Å². The quantitative estimate of drug-likeness (QED) is 0.764. The molecule has 1 aliphatic rings. The monoisotopic (exact) mass is 420 g/mol. The number of halogens is 3. The number of carbonyl (C=O) groups is 2. The van der Waals surface area contributed by atoms with Crippen molar-refractivity contribution in [1.82, 2.24) is 5.32 Å². The molecule has 5 nitrogen and oxygen atoms in total. The zero-order valence-electron chi connectivity index (χ0n) is 16.7. The Bertz CT molecular complexity index is 928. The number of amides is 2. The molecule has 1 N–H and O–H groups in total.